The minimum atomic E-state index is -0.865. The van der Waals surface area contributed by atoms with Crippen molar-refractivity contribution in [2.75, 3.05) is 0 Å². The number of non-ortho nitro benzene ring substituents is 1. The van der Waals surface area contributed by atoms with Crippen molar-refractivity contribution in [2.24, 2.45) is 0 Å². The van der Waals surface area contributed by atoms with E-state index in [4.69, 9.17) is 0 Å². The van der Waals surface area contributed by atoms with Gasteiger partial charge in [0.2, 0.25) is 0 Å². The molecule has 4 rings (SSSR count). The lowest BCUT2D eigenvalue weighted by atomic mass is 9.94. The van der Waals surface area contributed by atoms with Crippen LogP contribution < -0.4 is 0 Å². The first-order chi connectivity index (χ1) is 15.4. The summed E-state index contributed by atoms with van der Waals surface area (Å²) in [5, 5.41) is 22.2. The van der Waals surface area contributed by atoms with E-state index in [1.807, 2.05) is 19.1 Å². The molecule has 1 saturated heterocycles. The maximum absolute atomic E-state index is 13.0. The molecule has 160 valence electrons. The molecule has 1 aliphatic heterocycles. The molecule has 0 aliphatic carbocycles. The smallest absolute Gasteiger partial charge is 0.296 e. The van der Waals surface area contributed by atoms with E-state index in [2.05, 4.69) is 4.98 Å². The number of carbonyl (C=O) groups excluding carboxylic acids is 2. The first kappa shape index (κ1) is 20.9. The molecule has 1 amide bonds. The summed E-state index contributed by atoms with van der Waals surface area (Å²) < 4.78 is 0. The number of nitro benzene ring substituents is 1. The number of hydrogen-bond donors (Lipinski definition) is 1. The first-order valence-electron chi connectivity index (χ1n) is 9.86. The molecule has 1 aromatic heterocycles. The fraction of sp³-hybridized carbons (Fsp3) is 0.125. The molecule has 8 heteroatoms. The van der Waals surface area contributed by atoms with Crippen LogP contribution in [0.2, 0.25) is 0 Å². The van der Waals surface area contributed by atoms with Gasteiger partial charge in [-0.15, -0.1) is 0 Å². The summed E-state index contributed by atoms with van der Waals surface area (Å²) in [4.78, 5) is 42.2. The van der Waals surface area contributed by atoms with E-state index in [1.165, 1.54) is 29.2 Å². The lowest BCUT2D eigenvalue weighted by Gasteiger charge is -2.25. The predicted molar refractivity (Wildman–Crippen MR) is 116 cm³/mol. The molecule has 1 unspecified atom stereocenters. The Morgan fingerprint density at radius 3 is 2.56 bits per heavy atom. The molecule has 8 nitrogen and oxygen atoms in total. The van der Waals surface area contributed by atoms with Gasteiger partial charge in [0.1, 0.15) is 5.76 Å². The molecule has 0 radical (unpaired) electrons. The van der Waals surface area contributed by atoms with Crippen molar-refractivity contribution in [3.05, 3.63) is 111 Å². The number of hydrogen-bond acceptors (Lipinski definition) is 6. The van der Waals surface area contributed by atoms with Gasteiger partial charge >= 0.3 is 0 Å². The highest BCUT2D eigenvalue weighted by Crippen LogP contribution is 2.40. The van der Waals surface area contributed by atoms with Crippen LogP contribution in [-0.4, -0.2) is 31.6 Å². The van der Waals surface area contributed by atoms with E-state index in [0.29, 0.717) is 11.3 Å². The van der Waals surface area contributed by atoms with E-state index < -0.39 is 28.4 Å². The van der Waals surface area contributed by atoms with Crippen LogP contribution in [0.1, 0.15) is 28.4 Å². The molecule has 2 aromatic carbocycles. The van der Waals surface area contributed by atoms with Crippen LogP contribution in [0.5, 0.6) is 0 Å². The number of likely N-dealkylation sites (tertiary alicyclic amines) is 1. The second-order valence-corrected chi connectivity index (χ2v) is 7.47. The van der Waals surface area contributed by atoms with Gasteiger partial charge in [0.15, 0.2) is 0 Å². The lowest BCUT2D eigenvalue weighted by Crippen LogP contribution is -2.29. The molecule has 32 heavy (non-hydrogen) atoms. The van der Waals surface area contributed by atoms with Crippen molar-refractivity contribution in [3.8, 4) is 0 Å². The van der Waals surface area contributed by atoms with Gasteiger partial charge in [-0.05, 0) is 24.6 Å². The summed E-state index contributed by atoms with van der Waals surface area (Å²) in [6.45, 7) is 1.95. The molecule has 0 spiro atoms. The van der Waals surface area contributed by atoms with Gasteiger partial charge in [0.25, 0.3) is 17.4 Å². The molecule has 2 heterocycles. The number of pyridine rings is 1. The van der Waals surface area contributed by atoms with E-state index in [-0.39, 0.29) is 23.4 Å². The van der Waals surface area contributed by atoms with Crippen LogP contribution >= 0.6 is 0 Å². The highest BCUT2D eigenvalue weighted by atomic mass is 16.6. The van der Waals surface area contributed by atoms with Crippen LogP contribution in [0.25, 0.3) is 5.76 Å². The standard InChI is InChI=1S/C24H19N3O5/c1-15-6-4-7-16(12-15)21-20(22(28)17-8-5-10-19(13-17)27(31)32)23(29)24(30)26(21)14-18-9-2-3-11-25-18/h2-13,21,28H,14H2,1H3/b22-20-. The summed E-state index contributed by atoms with van der Waals surface area (Å²) in [5.74, 6) is -2.08. The van der Waals surface area contributed by atoms with Gasteiger partial charge in [-0.3, -0.25) is 24.7 Å². The van der Waals surface area contributed by atoms with E-state index in [0.717, 1.165) is 5.56 Å². The minimum absolute atomic E-state index is 0.0652. The highest BCUT2D eigenvalue weighted by Gasteiger charge is 2.46. The molecule has 1 fully saturated rings. The van der Waals surface area contributed by atoms with E-state index in [1.54, 1.807) is 36.5 Å². The molecule has 1 aliphatic rings. The zero-order chi connectivity index (χ0) is 22.8. The Morgan fingerprint density at radius 1 is 1.09 bits per heavy atom. The number of amides is 1. The first-order valence-corrected chi connectivity index (χ1v) is 9.86. The Morgan fingerprint density at radius 2 is 1.88 bits per heavy atom. The Bertz CT molecular complexity index is 1250. The second-order valence-electron chi connectivity index (χ2n) is 7.47. The number of nitrogens with zero attached hydrogens (tertiary/aromatic N) is 3. The number of aromatic nitrogens is 1. The monoisotopic (exact) mass is 429 g/mol. The van der Waals surface area contributed by atoms with Crippen LogP contribution in [-0.2, 0) is 16.1 Å². The predicted octanol–water partition coefficient (Wildman–Crippen LogP) is 3.92. The van der Waals surface area contributed by atoms with Crippen molar-refractivity contribution in [3.63, 3.8) is 0 Å². The third-order valence-corrected chi connectivity index (χ3v) is 5.29. The molecule has 1 atom stereocenters. The van der Waals surface area contributed by atoms with Gasteiger partial charge in [-0.1, -0.05) is 48.0 Å². The van der Waals surface area contributed by atoms with Gasteiger partial charge in [-0.25, -0.2) is 0 Å². The summed E-state index contributed by atoms with van der Waals surface area (Å²) in [5.41, 5.74) is 1.89. The Kier molecular flexibility index (Phi) is 5.51. The van der Waals surface area contributed by atoms with E-state index in [9.17, 15) is 24.8 Å². The summed E-state index contributed by atoms with van der Waals surface area (Å²) in [6, 6.07) is 17.0. The van der Waals surface area contributed by atoms with Crippen molar-refractivity contribution in [1.29, 1.82) is 0 Å². The summed E-state index contributed by atoms with van der Waals surface area (Å²) in [6.07, 6.45) is 1.59. The third-order valence-electron chi connectivity index (χ3n) is 5.29. The highest BCUT2D eigenvalue weighted by molar-refractivity contribution is 6.46. The SMILES string of the molecule is Cc1cccc(C2/C(=C(/O)c3cccc([N+](=O)[O-])c3)C(=O)C(=O)N2Cc2ccccn2)c1. The molecule has 3 aromatic rings. The number of Topliss-reactive ketones (excluding diaryl/α,β-unsaturated/α-hetero) is 1. The fourth-order valence-corrected chi connectivity index (χ4v) is 3.82. The topological polar surface area (TPSA) is 114 Å². The zero-order valence-electron chi connectivity index (χ0n) is 17.1. The molecule has 0 saturated carbocycles. The van der Waals surface area contributed by atoms with Crippen molar-refractivity contribution in [1.82, 2.24) is 9.88 Å². The second kappa shape index (κ2) is 8.43. The van der Waals surface area contributed by atoms with Gasteiger partial charge < -0.3 is 10.0 Å². The normalized spacial score (nSPS) is 17.5. The van der Waals surface area contributed by atoms with Gasteiger partial charge in [0.05, 0.1) is 28.8 Å². The largest absolute Gasteiger partial charge is 0.507 e. The van der Waals surface area contributed by atoms with Crippen LogP contribution in [0.4, 0.5) is 5.69 Å². The van der Waals surface area contributed by atoms with Crippen molar-refractivity contribution < 1.29 is 19.6 Å². The number of rotatable bonds is 5. The van der Waals surface area contributed by atoms with Crippen LogP contribution in [0.15, 0.2) is 78.5 Å². The number of carbonyl (C=O) groups is 2. The molecule has 0 bridgehead atoms. The van der Waals surface area contributed by atoms with Gasteiger partial charge in [-0.2, -0.15) is 0 Å². The van der Waals surface area contributed by atoms with Gasteiger partial charge in [0, 0.05) is 23.9 Å². The number of aryl methyl sites for hydroxylation is 1. The van der Waals surface area contributed by atoms with Crippen molar-refractivity contribution >= 4 is 23.1 Å². The number of aliphatic hydroxyl groups is 1. The summed E-state index contributed by atoms with van der Waals surface area (Å²) in [7, 11) is 0. The maximum Gasteiger partial charge on any atom is 0.296 e. The third kappa shape index (κ3) is 3.85. The number of aliphatic hydroxyl groups excluding tert-OH is 1. The van der Waals surface area contributed by atoms with Crippen LogP contribution in [0.3, 0.4) is 0 Å². The fourth-order valence-electron chi connectivity index (χ4n) is 3.82. The number of benzene rings is 2. The lowest BCUT2D eigenvalue weighted by molar-refractivity contribution is -0.384. The number of nitro groups is 1. The summed E-state index contributed by atoms with van der Waals surface area (Å²) >= 11 is 0. The Labute approximate surface area is 183 Å². The average Bonchev–Trinajstić information content (AvgIpc) is 3.04. The molecular formula is C24H19N3O5. The van der Waals surface area contributed by atoms with Crippen LogP contribution in [0, 0.1) is 17.0 Å². The maximum atomic E-state index is 13.0. The Hall–Kier alpha value is -4.33. The molecule has 1 N–H and O–H groups in total. The Balaban J connectivity index is 1.88. The quantitative estimate of drug-likeness (QED) is 0.216. The number of ketones is 1. The molecular weight excluding hydrogens is 410 g/mol. The zero-order valence-corrected chi connectivity index (χ0v) is 17.1. The minimum Gasteiger partial charge on any atom is -0.507 e. The van der Waals surface area contributed by atoms with E-state index >= 15 is 0 Å². The van der Waals surface area contributed by atoms with Crippen molar-refractivity contribution in [2.45, 2.75) is 19.5 Å². The average molecular weight is 429 g/mol.